The van der Waals surface area contributed by atoms with Gasteiger partial charge in [0.25, 0.3) is 0 Å². The first kappa shape index (κ1) is 13.9. The molecule has 1 aromatic rings. The van der Waals surface area contributed by atoms with E-state index in [1.807, 2.05) is 29.2 Å². The van der Waals surface area contributed by atoms with Gasteiger partial charge >= 0.3 is 0 Å². The van der Waals surface area contributed by atoms with Crippen LogP contribution in [-0.4, -0.2) is 42.2 Å². The van der Waals surface area contributed by atoms with Gasteiger partial charge in [-0.3, -0.25) is 4.79 Å². The van der Waals surface area contributed by atoms with Crippen LogP contribution >= 0.6 is 0 Å². The van der Waals surface area contributed by atoms with Gasteiger partial charge in [-0.1, -0.05) is 12.1 Å². The standard InChI is InChI=1S/C15H21NO3/c1-11(17)13-9-15(18)16(10-13)8-7-12-3-5-14(19-2)6-4-12/h3-6,11,13,17H,7-10H2,1-2H3/t11-,13+/m0/s1. The third-order valence-electron chi connectivity index (χ3n) is 3.76. The monoisotopic (exact) mass is 263 g/mol. The molecule has 0 spiro atoms. The Bertz CT molecular complexity index is 428. The summed E-state index contributed by atoms with van der Waals surface area (Å²) in [5.41, 5.74) is 1.19. The largest absolute Gasteiger partial charge is 0.497 e. The Kier molecular flexibility index (Phi) is 4.43. The Morgan fingerprint density at radius 3 is 2.63 bits per heavy atom. The van der Waals surface area contributed by atoms with Gasteiger partial charge in [0.2, 0.25) is 5.91 Å². The first-order valence-electron chi connectivity index (χ1n) is 6.69. The van der Waals surface area contributed by atoms with Gasteiger partial charge in [0.05, 0.1) is 13.2 Å². The van der Waals surface area contributed by atoms with Crippen molar-refractivity contribution in [3.63, 3.8) is 0 Å². The van der Waals surface area contributed by atoms with Gasteiger partial charge in [0, 0.05) is 25.4 Å². The second kappa shape index (κ2) is 6.06. The van der Waals surface area contributed by atoms with E-state index in [9.17, 15) is 9.90 Å². The smallest absolute Gasteiger partial charge is 0.223 e. The number of hydrogen-bond donors (Lipinski definition) is 1. The molecule has 0 saturated carbocycles. The van der Waals surface area contributed by atoms with Crippen LogP contribution in [0.3, 0.4) is 0 Å². The van der Waals surface area contributed by atoms with E-state index >= 15 is 0 Å². The molecule has 0 aliphatic carbocycles. The third-order valence-corrected chi connectivity index (χ3v) is 3.76. The minimum Gasteiger partial charge on any atom is -0.497 e. The SMILES string of the molecule is COc1ccc(CCN2C[C@H]([C@H](C)O)CC2=O)cc1. The Morgan fingerprint density at radius 2 is 2.11 bits per heavy atom. The molecular weight excluding hydrogens is 242 g/mol. The van der Waals surface area contributed by atoms with Gasteiger partial charge in [-0.15, -0.1) is 0 Å². The molecule has 2 atom stereocenters. The molecule has 1 aliphatic rings. The molecule has 1 aromatic carbocycles. The van der Waals surface area contributed by atoms with E-state index in [2.05, 4.69) is 0 Å². The number of ether oxygens (including phenoxy) is 1. The molecule has 1 N–H and O–H groups in total. The van der Waals surface area contributed by atoms with Crippen molar-refractivity contribution in [1.82, 2.24) is 4.90 Å². The maximum atomic E-state index is 11.8. The first-order valence-corrected chi connectivity index (χ1v) is 6.69. The molecule has 0 radical (unpaired) electrons. The van der Waals surface area contributed by atoms with Crippen molar-refractivity contribution in [1.29, 1.82) is 0 Å². The maximum Gasteiger partial charge on any atom is 0.223 e. The van der Waals surface area contributed by atoms with Gasteiger partial charge in [-0.2, -0.15) is 0 Å². The van der Waals surface area contributed by atoms with Crippen molar-refractivity contribution >= 4 is 5.91 Å². The van der Waals surface area contributed by atoms with Crippen molar-refractivity contribution in [2.45, 2.75) is 25.9 Å². The van der Waals surface area contributed by atoms with Crippen LogP contribution in [0.4, 0.5) is 0 Å². The summed E-state index contributed by atoms with van der Waals surface area (Å²) >= 11 is 0. The summed E-state index contributed by atoms with van der Waals surface area (Å²) < 4.78 is 5.11. The van der Waals surface area contributed by atoms with Gasteiger partial charge < -0.3 is 14.7 Å². The lowest BCUT2D eigenvalue weighted by Gasteiger charge is -2.17. The number of likely N-dealkylation sites (tertiary alicyclic amines) is 1. The van der Waals surface area contributed by atoms with Crippen LogP contribution in [0.25, 0.3) is 0 Å². The number of hydrogen-bond acceptors (Lipinski definition) is 3. The second-order valence-corrected chi connectivity index (χ2v) is 5.14. The number of amides is 1. The number of aliphatic hydroxyl groups excluding tert-OH is 1. The molecule has 104 valence electrons. The van der Waals surface area contributed by atoms with Gasteiger partial charge in [0.15, 0.2) is 0 Å². The molecule has 1 amide bonds. The summed E-state index contributed by atoms with van der Waals surface area (Å²) in [7, 11) is 1.65. The molecule has 1 aliphatic heterocycles. The minimum atomic E-state index is -0.407. The molecule has 4 heteroatoms. The normalized spacial score (nSPS) is 20.7. The highest BCUT2D eigenvalue weighted by atomic mass is 16.5. The minimum absolute atomic E-state index is 0.0865. The van der Waals surface area contributed by atoms with Crippen LogP contribution in [-0.2, 0) is 11.2 Å². The molecule has 4 nitrogen and oxygen atoms in total. The van der Waals surface area contributed by atoms with Crippen molar-refractivity contribution in [3.05, 3.63) is 29.8 Å². The number of aliphatic hydroxyl groups is 1. The van der Waals surface area contributed by atoms with Crippen molar-refractivity contribution in [3.8, 4) is 5.75 Å². The van der Waals surface area contributed by atoms with E-state index in [-0.39, 0.29) is 11.8 Å². The van der Waals surface area contributed by atoms with E-state index < -0.39 is 6.10 Å². The Hall–Kier alpha value is -1.55. The van der Waals surface area contributed by atoms with Crippen LogP contribution in [0.5, 0.6) is 5.75 Å². The third kappa shape index (κ3) is 3.47. The van der Waals surface area contributed by atoms with Crippen LogP contribution in [0.2, 0.25) is 0 Å². The van der Waals surface area contributed by atoms with Crippen LogP contribution < -0.4 is 4.74 Å². The summed E-state index contributed by atoms with van der Waals surface area (Å²) in [5, 5.41) is 9.54. The molecule has 0 bridgehead atoms. The number of benzene rings is 1. The van der Waals surface area contributed by atoms with Crippen molar-refractivity contribution < 1.29 is 14.6 Å². The topological polar surface area (TPSA) is 49.8 Å². The summed E-state index contributed by atoms with van der Waals surface area (Å²) in [4.78, 5) is 13.7. The van der Waals surface area contributed by atoms with E-state index in [1.54, 1.807) is 14.0 Å². The van der Waals surface area contributed by atoms with Crippen LogP contribution in [0.1, 0.15) is 18.9 Å². The maximum absolute atomic E-state index is 11.8. The zero-order valence-corrected chi connectivity index (χ0v) is 11.5. The molecule has 2 rings (SSSR count). The van der Waals surface area contributed by atoms with Gasteiger partial charge in [-0.05, 0) is 31.0 Å². The van der Waals surface area contributed by atoms with Crippen LogP contribution in [0, 0.1) is 5.92 Å². The molecule has 0 unspecified atom stereocenters. The Labute approximate surface area is 114 Å². The summed E-state index contributed by atoms with van der Waals surface area (Å²) in [6, 6.07) is 7.90. The molecule has 19 heavy (non-hydrogen) atoms. The second-order valence-electron chi connectivity index (χ2n) is 5.14. The van der Waals surface area contributed by atoms with Crippen molar-refractivity contribution in [2.75, 3.05) is 20.2 Å². The lowest BCUT2D eigenvalue weighted by atomic mass is 10.0. The number of carbonyl (C=O) groups is 1. The fourth-order valence-corrected chi connectivity index (χ4v) is 2.40. The number of methoxy groups -OCH3 is 1. The lowest BCUT2D eigenvalue weighted by molar-refractivity contribution is -0.127. The number of rotatable bonds is 5. The van der Waals surface area contributed by atoms with Gasteiger partial charge in [0.1, 0.15) is 5.75 Å². The molecule has 0 aromatic heterocycles. The summed E-state index contributed by atoms with van der Waals surface area (Å²) in [5.74, 6) is 1.08. The summed E-state index contributed by atoms with van der Waals surface area (Å²) in [6.45, 7) is 3.14. The molecule has 1 heterocycles. The van der Waals surface area contributed by atoms with E-state index in [0.717, 1.165) is 12.2 Å². The average molecular weight is 263 g/mol. The first-order chi connectivity index (χ1) is 9.10. The van der Waals surface area contributed by atoms with E-state index in [0.29, 0.717) is 19.5 Å². The van der Waals surface area contributed by atoms with Gasteiger partial charge in [-0.25, -0.2) is 0 Å². The Morgan fingerprint density at radius 1 is 1.42 bits per heavy atom. The average Bonchev–Trinajstić information content (AvgIpc) is 2.79. The molecule has 1 fully saturated rings. The number of nitrogens with zero attached hydrogens (tertiary/aromatic N) is 1. The molecular formula is C15H21NO3. The highest BCUT2D eigenvalue weighted by Gasteiger charge is 2.31. The molecule has 1 saturated heterocycles. The Balaban J connectivity index is 1.86. The fourth-order valence-electron chi connectivity index (χ4n) is 2.40. The van der Waals surface area contributed by atoms with E-state index in [4.69, 9.17) is 4.74 Å². The van der Waals surface area contributed by atoms with Crippen molar-refractivity contribution in [2.24, 2.45) is 5.92 Å². The zero-order chi connectivity index (χ0) is 13.8. The lowest BCUT2D eigenvalue weighted by Crippen LogP contribution is -2.28. The predicted molar refractivity (Wildman–Crippen MR) is 73.1 cm³/mol. The van der Waals surface area contributed by atoms with Crippen LogP contribution in [0.15, 0.2) is 24.3 Å². The van der Waals surface area contributed by atoms with E-state index in [1.165, 1.54) is 5.56 Å². The number of carbonyl (C=O) groups excluding carboxylic acids is 1. The highest BCUT2D eigenvalue weighted by molar-refractivity contribution is 5.78. The summed E-state index contributed by atoms with van der Waals surface area (Å²) in [6.07, 6.45) is 0.901. The quantitative estimate of drug-likeness (QED) is 0.875. The predicted octanol–water partition coefficient (Wildman–Crippen LogP) is 1.47. The zero-order valence-electron chi connectivity index (χ0n) is 11.5. The fraction of sp³-hybridized carbons (Fsp3) is 0.533. The highest BCUT2D eigenvalue weighted by Crippen LogP contribution is 2.21.